The first-order chi connectivity index (χ1) is 9.47. The van der Waals surface area contributed by atoms with Crippen molar-refractivity contribution < 1.29 is 14.3 Å². The normalized spacial score (nSPS) is 12.8. The molecule has 4 heteroatoms. The summed E-state index contributed by atoms with van der Waals surface area (Å²) in [5.74, 6) is 0.807. The van der Waals surface area contributed by atoms with Crippen molar-refractivity contribution in [2.45, 2.75) is 66.8 Å². The number of ketones is 2. The first-order valence-electron chi connectivity index (χ1n) is 7.86. The predicted molar refractivity (Wildman–Crippen MR) is 86.4 cm³/mol. The molecule has 4 nitrogen and oxygen atoms in total. The molecule has 0 heterocycles. The third kappa shape index (κ3) is 8.99. The van der Waals surface area contributed by atoms with Crippen LogP contribution in [0.3, 0.4) is 0 Å². The van der Waals surface area contributed by atoms with E-state index in [4.69, 9.17) is 4.74 Å². The Balaban J connectivity index is 3.85. The molecular formula is C17H33NO3. The van der Waals surface area contributed by atoms with Crippen molar-refractivity contribution in [3.05, 3.63) is 0 Å². The third-order valence-electron chi connectivity index (χ3n) is 3.41. The molecular weight excluding hydrogens is 266 g/mol. The molecule has 0 aliphatic carbocycles. The Morgan fingerprint density at radius 2 is 1.57 bits per heavy atom. The van der Waals surface area contributed by atoms with E-state index in [1.165, 1.54) is 0 Å². The number of ether oxygens (including phenoxy) is 1. The molecule has 0 spiro atoms. The lowest BCUT2D eigenvalue weighted by atomic mass is 9.89. The molecule has 1 N–H and O–H groups in total. The van der Waals surface area contributed by atoms with Crippen LogP contribution in [0.2, 0.25) is 0 Å². The van der Waals surface area contributed by atoms with Gasteiger partial charge in [-0.3, -0.25) is 9.59 Å². The fourth-order valence-electron chi connectivity index (χ4n) is 1.80. The second-order valence-electron chi connectivity index (χ2n) is 7.61. The van der Waals surface area contributed by atoms with E-state index in [0.29, 0.717) is 38.5 Å². The summed E-state index contributed by atoms with van der Waals surface area (Å²) in [4.78, 5) is 23.8. The number of nitrogens with one attached hydrogen (secondary N) is 1. The quantitative estimate of drug-likeness (QED) is 0.630. The van der Waals surface area contributed by atoms with Crippen molar-refractivity contribution in [1.82, 2.24) is 5.32 Å². The summed E-state index contributed by atoms with van der Waals surface area (Å²) in [5, 5.41) is 3.22. The van der Waals surface area contributed by atoms with Crippen LogP contribution < -0.4 is 5.32 Å². The highest BCUT2D eigenvalue weighted by Gasteiger charge is 2.26. The summed E-state index contributed by atoms with van der Waals surface area (Å²) in [7, 11) is 0. The molecule has 0 radical (unpaired) electrons. The highest BCUT2D eigenvalue weighted by atomic mass is 16.5. The monoisotopic (exact) mass is 299 g/mol. The molecule has 21 heavy (non-hydrogen) atoms. The van der Waals surface area contributed by atoms with Crippen molar-refractivity contribution in [2.24, 2.45) is 11.3 Å². The summed E-state index contributed by atoms with van der Waals surface area (Å²) in [5.41, 5.74) is -0.818. The van der Waals surface area contributed by atoms with Crippen LogP contribution in [0.15, 0.2) is 0 Å². The number of carbonyl (C=O) groups is 2. The zero-order chi connectivity index (χ0) is 16.7. The molecule has 0 aromatic carbocycles. The summed E-state index contributed by atoms with van der Waals surface area (Å²) >= 11 is 0. The molecule has 0 bridgehead atoms. The molecule has 0 aromatic heterocycles. The van der Waals surface area contributed by atoms with Gasteiger partial charge in [-0.2, -0.15) is 0 Å². The summed E-state index contributed by atoms with van der Waals surface area (Å²) in [6.07, 6.45) is 1.03. The lowest BCUT2D eigenvalue weighted by molar-refractivity contribution is -0.127. The minimum Gasteiger partial charge on any atom is -0.380 e. The van der Waals surface area contributed by atoms with E-state index in [-0.39, 0.29) is 17.0 Å². The van der Waals surface area contributed by atoms with Crippen LogP contribution in [0, 0.1) is 11.3 Å². The van der Waals surface area contributed by atoms with Gasteiger partial charge in [-0.25, -0.2) is 0 Å². The predicted octanol–water partition coefficient (Wildman–Crippen LogP) is 2.99. The number of hydrogen-bond acceptors (Lipinski definition) is 4. The van der Waals surface area contributed by atoms with Crippen LogP contribution in [-0.4, -0.2) is 36.9 Å². The molecule has 0 unspecified atom stereocenters. The zero-order valence-corrected chi connectivity index (χ0v) is 14.8. The van der Waals surface area contributed by atoms with Crippen LogP contribution in [-0.2, 0) is 14.3 Å². The van der Waals surface area contributed by atoms with Gasteiger partial charge in [0.05, 0.1) is 18.8 Å². The molecule has 0 fully saturated rings. The van der Waals surface area contributed by atoms with Crippen molar-refractivity contribution >= 4 is 11.6 Å². The molecule has 0 atom stereocenters. The van der Waals surface area contributed by atoms with Crippen molar-refractivity contribution in [3.8, 4) is 0 Å². The average molecular weight is 299 g/mol. The van der Waals surface area contributed by atoms with Gasteiger partial charge in [0.2, 0.25) is 0 Å². The van der Waals surface area contributed by atoms with Gasteiger partial charge in [-0.1, -0.05) is 34.6 Å². The molecule has 0 saturated carbocycles. The summed E-state index contributed by atoms with van der Waals surface area (Å²) < 4.78 is 5.46. The number of rotatable bonds is 10. The topological polar surface area (TPSA) is 55.4 Å². The van der Waals surface area contributed by atoms with Gasteiger partial charge < -0.3 is 10.1 Å². The van der Waals surface area contributed by atoms with Crippen molar-refractivity contribution in [3.63, 3.8) is 0 Å². The van der Waals surface area contributed by atoms with Gasteiger partial charge in [0.15, 0.2) is 5.78 Å². The fraction of sp³-hybridized carbons (Fsp3) is 0.882. The van der Waals surface area contributed by atoms with Crippen molar-refractivity contribution in [1.29, 1.82) is 0 Å². The Morgan fingerprint density at radius 1 is 1.00 bits per heavy atom. The van der Waals surface area contributed by atoms with E-state index in [1.54, 1.807) is 0 Å². The fourth-order valence-corrected chi connectivity index (χ4v) is 1.80. The van der Waals surface area contributed by atoms with Crippen LogP contribution in [0.5, 0.6) is 0 Å². The van der Waals surface area contributed by atoms with E-state index >= 15 is 0 Å². The molecule has 0 amide bonds. The minimum absolute atomic E-state index is 0.211. The minimum atomic E-state index is -0.519. The van der Waals surface area contributed by atoms with Crippen molar-refractivity contribution in [2.75, 3.05) is 19.8 Å². The first-order valence-corrected chi connectivity index (χ1v) is 7.86. The molecule has 0 saturated heterocycles. The Bertz CT molecular complexity index is 340. The largest absolute Gasteiger partial charge is 0.380 e. The standard InChI is InChI=1S/C17H33NO3/c1-13(2)12-15(20)17(6,7)18-9-11-21-10-8-14(19)16(3,4)5/h13,18H,8-12H2,1-7H3. The maximum atomic E-state index is 12.0. The molecule has 0 aliphatic heterocycles. The van der Waals surface area contributed by atoms with Crippen LogP contribution >= 0.6 is 0 Å². The Morgan fingerprint density at radius 3 is 2.05 bits per heavy atom. The lowest BCUT2D eigenvalue weighted by Gasteiger charge is -2.25. The van der Waals surface area contributed by atoms with Crippen LogP contribution in [0.25, 0.3) is 0 Å². The Labute approximate surface area is 130 Å². The van der Waals surface area contributed by atoms with Gasteiger partial charge >= 0.3 is 0 Å². The highest BCUT2D eigenvalue weighted by molar-refractivity contribution is 5.87. The molecule has 0 aliphatic rings. The third-order valence-corrected chi connectivity index (χ3v) is 3.41. The Hall–Kier alpha value is -0.740. The molecule has 124 valence electrons. The smallest absolute Gasteiger partial charge is 0.152 e. The first kappa shape index (κ1) is 20.3. The number of carbonyl (C=O) groups excluding carboxylic acids is 2. The Kier molecular flexibility index (Phi) is 8.34. The van der Waals surface area contributed by atoms with Crippen LogP contribution in [0.4, 0.5) is 0 Å². The zero-order valence-electron chi connectivity index (χ0n) is 14.8. The maximum absolute atomic E-state index is 12.0. The van der Waals surface area contributed by atoms with E-state index in [2.05, 4.69) is 5.32 Å². The van der Waals surface area contributed by atoms with E-state index in [1.807, 2.05) is 48.5 Å². The van der Waals surface area contributed by atoms with E-state index < -0.39 is 5.54 Å². The van der Waals surface area contributed by atoms with Gasteiger partial charge in [0, 0.05) is 24.8 Å². The van der Waals surface area contributed by atoms with Gasteiger partial charge in [0.1, 0.15) is 5.78 Å². The SMILES string of the molecule is CC(C)CC(=O)C(C)(C)NCCOCCC(=O)C(C)(C)C. The summed E-state index contributed by atoms with van der Waals surface area (Å²) in [6.45, 7) is 15.2. The average Bonchev–Trinajstić information content (AvgIpc) is 2.31. The van der Waals surface area contributed by atoms with Gasteiger partial charge in [-0.15, -0.1) is 0 Å². The second-order valence-corrected chi connectivity index (χ2v) is 7.61. The van der Waals surface area contributed by atoms with E-state index in [0.717, 1.165) is 0 Å². The summed E-state index contributed by atoms with van der Waals surface area (Å²) in [6, 6.07) is 0. The highest BCUT2D eigenvalue weighted by Crippen LogP contribution is 2.16. The second kappa shape index (κ2) is 8.64. The van der Waals surface area contributed by atoms with Gasteiger partial charge in [0.25, 0.3) is 0 Å². The number of Topliss-reactive ketones (excluding diaryl/α,β-unsaturated/α-hetero) is 2. The van der Waals surface area contributed by atoms with Crippen LogP contribution in [0.1, 0.15) is 61.3 Å². The molecule has 0 rings (SSSR count). The van der Waals surface area contributed by atoms with E-state index in [9.17, 15) is 9.59 Å². The van der Waals surface area contributed by atoms with Gasteiger partial charge in [-0.05, 0) is 19.8 Å². The molecule has 0 aromatic rings. The lowest BCUT2D eigenvalue weighted by Crippen LogP contribution is -2.48. The number of hydrogen-bond donors (Lipinski definition) is 1. The maximum Gasteiger partial charge on any atom is 0.152 e.